The van der Waals surface area contributed by atoms with Crippen molar-refractivity contribution in [3.05, 3.63) is 59.7 Å². The summed E-state index contributed by atoms with van der Waals surface area (Å²) in [6.45, 7) is 1.02. The molecule has 3 aromatic heterocycles. The first-order chi connectivity index (χ1) is 12.9. The molecule has 0 aliphatic carbocycles. The number of rotatable bonds is 6. The van der Waals surface area contributed by atoms with Crippen molar-refractivity contribution in [2.24, 2.45) is 10.9 Å². The van der Waals surface area contributed by atoms with E-state index in [9.17, 15) is 13.9 Å². The monoisotopic (exact) mass is 374 g/mol. The third-order valence-corrected chi connectivity index (χ3v) is 3.81. The fourth-order valence-corrected chi connectivity index (χ4v) is 2.58. The molecule has 0 amide bonds. The van der Waals surface area contributed by atoms with Crippen molar-refractivity contribution in [3.8, 4) is 5.75 Å². The molecular formula is C17H16F2N6O2. The maximum atomic E-state index is 14.2. The van der Waals surface area contributed by atoms with Crippen molar-refractivity contribution in [2.45, 2.75) is 13.0 Å². The van der Waals surface area contributed by atoms with Crippen LogP contribution in [0.15, 0.2) is 41.9 Å². The van der Waals surface area contributed by atoms with Gasteiger partial charge in [0.1, 0.15) is 22.8 Å². The summed E-state index contributed by atoms with van der Waals surface area (Å²) in [5, 5.41) is 24.9. The van der Waals surface area contributed by atoms with Crippen LogP contribution >= 0.6 is 0 Å². The van der Waals surface area contributed by atoms with Gasteiger partial charge in [0.15, 0.2) is 11.9 Å². The molecule has 0 spiro atoms. The van der Waals surface area contributed by atoms with E-state index in [1.165, 1.54) is 35.8 Å². The molecule has 1 atom stereocenters. The Morgan fingerprint density at radius 1 is 1.41 bits per heavy atom. The van der Waals surface area contributed by atoms with E-state index >= 15 is 0 Å². The third-order valence-electron chi connectivity index (χ3n) is 3.81. The number of nitrogens with zero attached hydrogens (tertiary/aromatic N) is 4. The van der Waals surface area contributed by atoms with Gasteiger partial charge in [-0.05, 0) is 25.1 Å². The zero-order chi connectivity index (χ0) is 19.6. The van der Waals surface area contributed by atoms with Crippen molar-refractivity contribution in [1.82, 2.24) is 14.6 Å². The average molecular weight is 374 g/mol. The van der Waals surface area contributed by atoms with Gasteiger partial charge in [-0.3, -0.25) is 4.98 Å². The number of fused-ring (bicyclic) bond motifs is 1. The van der Waals surface area contributed by atoms with E-state index in [1.807, 2.05) is 0 Å². The summed E-state index contributed by atoms with van der Waals surface area (Å²) >= 11 is 0. The van der Waals surface area contributed by atoms with Gasteiger partial charge in [0.2, 0.25) is 0 Å². The Morgan fingerprint density at radius 3 is 2.78 bits per heavy atom. The average Bonchev–Trinajstić information content (AvgIpc) is 3.02. The molecule has 0 radical (unpaired) electrons. The van der Waals surface area contributed by atoms with Gasteiger partial charge in [-0.15, -0.1) is 0 Å². The van der Waals surface area contributed by atoms with Crippen molar-refractivity contribution >= 4 is 16.9 Å². The molecule has 0 aliphatic rings. The fraction of sp³-hybridized carbons (Fsp3) is 0.176. The lowest BCUT2D eigenvalue weighted by Crippen LogP contribution is -2.17. The second kappa shape index (κ2) is 7.46. The number of halogens is 2. The summed E-state index contributed by atoms with van der Waals surface area (Å²) < 4.78 is 34.3. The van der Waals surface area contributed by atoms with Crippen LogP contribution in [-0.4, -0.2) is 37.7 Å². The molecular weight excluding hydrogens is 358 g/mol. The number of pyridine rings is 2. The lowest BCUT2D eigenvalue weighted by molar-refractivity contribution is 0.114. The minimum Gasteiger partial charge on any atom is -0.479 e. The molecule has 1 unspecified atom stereocenters. The van der Waals surface area contributed by atoms with E-state index in [0.717, 1.165) is 12.4 Å². The molecule has 3 rings (SSSR count). The van der Waals surface area contributed by atoms with E-state index in [0.29, 0.717) is 5.56 Å². The van der Waals surface area contributed by atoms with Gasteiger partial charge in [0.05, 0.1) is 30.4 Å². The van der Waals surface area contributed by atoms with Crippen LogP contribution in [0.1, 0.15) is 24.3 Å². The lowest BCUT2D eigenvalue weighted by atomic mass is 10.1. The molecule has 0 bridgehead atoms. The molecule has 3 heterocycles. The van der Waals surface area contributed by atoms with E-state index in [2.05, 4.69) is 15.2 Å². The number of aromatic nitrogens is 3. The number of hydrogen-bond donors (Lipinski definition) is 3. The Hall–Kier alpha value is -3.40. The minimum absolute atomic E-state index is 0.0262. The van der Waals surface area contributed by atoms with Crippen LogP contribution in [0.4, 0.5) is 8.78 Å². The summed E-state index contributed by atoms with van der Waals surface area (Å²) in [7, 11) is 0. The SMILES string of the molecule is CC(=N)/C(=N\N)c1cc(OC(CO)c2ccc(F)cn2)c2c(F)cnn2c1. The van der Waals surface area contributed by atoms with Gasteiger partial charge < -0.3 is 21.1 Å². The first-order valence-electron chi connectivity index (χ1n) is 7.84. The predicted molar refractivity (Wildman–Crippen MR) is 93.9 cm³/mol. The maximum absolute atomic E-state index is 14.2. The van der Waals surface area contributed by atoms with Crippen molar-refractivity contribution in [3.63, 3.8) is 0 Å². The normalized spacial score (nSPS) is 13.0. The van der Waals surface area contributed by atoms with Gasteiger partial charge >= 0.3 is 0 Å². The molecule has 4 N–H and O–H groups in total. The summed E-state index contributed by atoms with van der Waals surface area (Å²) in [5.74, 6) is 4.22. The molecule has 0 aromatic carbocycles. The number of aliphatic hydroxyl groups excluding tert-OH is 1. The number of hydrazone groups is 1. The Labute approximate surface area is 152 Å². The summed E-state index contributed by atoms with van der Waals surface area (Å²) in [4.78, 5) is 3.88. The topological polar surface area (TPSA) is 122 Å². The van der Waals surface area contributed by atoms with Crippen LogP contribution in [0, 0.1) is 17.0 Å². The highest BCUT2D eigenvalue weighted by molar-refractivity contribution is 6.46. The van der Waals surface area contributed by atoms with E-state index in [-0.39, 0.29) is 28.4 Å². The molecule has 140 valence electrons. The second-order valence-electron chi connectivity index (χ2n) is 5.67. The van der Waals surface area contributed by atoms with E-state index in [1.54, 1.807) is 0 Å². The van der Waals surface area contributed by atoms with Crippen molar-refractivity contribution < 1.29 is 18.6 Å². The van der Waals surface area contributed by atoms with Crippen LogP contribution in [0.25, 0.3) is 5.52 Å². The molecule has 0 saturated carbocycles. The predicted octanol–water partition coefficient (Wildman–Crippen LogP) is 1.82. The Bertz CT molecular complexity index is 1020. The Kier molecular flexibility index (Phi) is 5.08. The molecule has 10 heteroatoms. The highest BCUT2D eigenvalue weighted by atomic mass is 19.1. The van der Waals surface area contributed by atoms with Gasteiger partial charge in [-0.1, -0.05) is 0 Å². The highest BCUT2D eigenvalue weighted by Gasteiger charge is 2.20. The standard InChI is InChI=1S/C17H16F2N6O2/c1-9(20)16(24-21)10-4-14(17-12(19)6-23-25(17)7-10)27-15(8-26)13-3-2-11(18)5-22-13/h2-7,15,20,26H,8,21H2,1H3/b20-9?,24-16+. The van der Waals surface area contributed by atoms with Gasteiger partial charge in [0, 0.05) is 11.8 Å². The number of aliphatic hydroxyl groups is 1. The number of nitrogens with two attached hydrogens (primary N) is 1. The van der Waals surface area contributed by atoms with Crippen LogP contribution < -0.4 is 10.6 Å². The largest absolute Gasteiger partial charge is 0.479 e. The molecule has 0 fully saturated rings. The lowest BCUT2D eigenvalue weighted by Gasteiger charge is -2.18. The zero-order valence-corrected chi connectivity index (χ0v) is 14.2. The van der Waals surface area contributed by atoms with Crippen LogP contribution in [-0.2, 0) is 0 Å². The van der Waals surface area contributed by atoms with Gasteiger partial charge in [-0.25, -0.2) is 13.3 Å². The molecule has 0 saturated heterocycles. The highest BCUT2D eigenvalue weighted by Crippen LogP contribution is 2.29. The van der Waals surface area contributed by atoms with Crippen LogP contribution in [0.2, 0.25) is 0 Å². The molecule has 3 aromatic rings. The molecule has 27 heavy (non-hydrogen) atoms. The van der Waals surface area contributed by atoms with E-state index in [4.69, 9.17) is 16.0 Å². The van der Waals surface area contributed by atoms with Crippen molar-refractivity contribution in [1.29, 1.82) is 5.41 Å². The summed E-state index contributed by atoms with van der Waals surface area (Å²) in [5.41, 5.74) is 0.920. The Balaban J connectivity index is 2.09. The summed E-state index contributed by atoms with van der Waals surface area (Å²) in [6, 6.07) is 3.98. The van der Waals surface area contributed by atoms with Crippen LogP contribution in [0.3, 0.4) is 0 Å². The number of ether oxygens (including phenoxy) is 1. The summed E-state index contributed by atoms with van der Waals surface area (Å²) in [6.07, 6.45) is 2.48. The second-order valence-corrected chi connectivity index (χ2v) is 5.67. The van der Waals surface area contributed by atoms with Gasteiger partial charge in [-0.2, -0.15) is 10.2 Å². The first kappa shape index (κ1) is 18.4. The van der Waals surface area contributed by atoms with Crippen molar-refractivity contribution in [2.75, 3.05) is 6.61 Å². The molecule has 0 aliphatic heterocycles. The zero-order valence-electron chi connectivity index (χ0n) is 14.2. The Morgan fingerprint density at radius 2 is 2.19 bits per heavy atom. The maximum Gasteiger partial charge on any atom is 0.172 e. The quantitative estimate of drug-likeness (QED) is 0.345. The van der Waals surface area contributed by atoms with Gasteiger partial charge in [0.25, 0.3) is 0 Å². The minimum atomic E-state index is -0.974. The van der Waals surface area contributed by atoms with E-state index < -0.39 is 24.3 Å². The van der Waals surface area contributed by atoms with Crippen LogP contribution in [0.5, 0.6) is 5.75 Å². The number of nitrogens with one attached hydrogen (secondary N) is 1. The smallest absolute Gasteiger partial charge is 0.172 e. The molecule has 8 nitrogen and oxygen atoms in total. The first-order valence-corrected chi connectivity index (χ1v) is 7.84. The third kappa shape index (κ3) is 3.60. The fourth-order valence-electron chi connectivity index (χ4n) is 2.58. The number of hydrogen-bond acceptors (Lipinski definition) is 7.